The Kier molecular flexibility index (Phi) is 22.7. The lowest BCUT2D eigenvalue weighted by Gasteiger charge is -2.19. The van der Waals surface area contributed by atoms with Crippen LogP contribution in [-0.4, -0.2) is 31.6 Å². The van der Waals surface area contributed by atoms with Crippen LogP contribution in [0.15, 0.2) is 0 Å². The fourth-order valence-corrected chi connectivity index (χ4v) is 4.01. The van der Waals surface area contributed by atoms with Gasteiger partial charge in [0.2, 0.25) is 5.91 Å². The third-order valence-corrected chi connectivity index (χ3v) is 6.04. The van der Waals surface area contributed by atoms with Crippen LogP contribution in [0.4, 0.5) is 0 Å². The van der Waals surface area contributed by atoms with Gasteiger partial charge in [-0.15, -0.1) is 0 Å². The number of unbranched alkanes of at least 4 members (excludes halogenated alkanes) is 13. The van der Waals surface area contributed by atoms with Crippen molar-refractivity contribution < 1.29 is 14.3 Å². The molecule has 0 saturated carbocycles. The van der Waals surface area contributed by atoms with Gasteiger partial charge in [0.25, 0.3) is 0 Å². The maximum atomic E-state index is 12.4. The van der Waals surface area contributed by atoms with Crippen LogP contribution >= 0.6 is 0 Å². The molecule has 0 aliphatic heterocycles. The van der Waals surface area contributed by atoms with Gasteiger partial charge in [0.05, 0.1) is 7.11 Å². The van der Waals surface area contributed by atoms with Crippen molar-refractivity contribution in [3.8, 4) is 0 Å². The highest BCUT2D eigenvalue weighted by Gasteiger charge is 2.12. The fraction of sp³-hybridized carbons (Fsp3) is 0.923. The summed E-state index contributed by atoms with van der Waals surface area (Å²) in [7, 11) is 1.45. The SMILES string of the molecule is CCCCCCCCC(CCCCCCCCC(=O)OC)NC(=O)CCCCCCN. The van der Waals surface area contributed by atoms with Crippen molar-refractivity contribution in [2.75, 3.05) is 13.7 Å². The molecule has 0 bridgehead atoms. The van der Waals surface area contributed by atoms with Gasteiger partial charge in [0, 0.05) is 18.9 Å². The van der Waals surface area contributed by atoms with Crippen LogP contribution in [0.1, 0.15) is 135 Å². The average molecular weight is 441 g/mol. The summed E-state index contributed by atoms with van der Waals surface area (Å²) in [5, 5.41) is 3.33. The second-order valence-corrected chi connectivity index (χ2v) is 9.01. The number of esters is 1. The number of rotatable bonds is 23. The highest BCUT2D eigenvalue weighted by molar-refractivity contribution is 5.76. The van der Waals surface area contributed by atoms with Crippen molar-refractivity contribution in [2.24, 2.45) is 5.73 Å². The molecule has 3 N–H and O–H groups in total. The lowest BCUT2D eigenvalue weighted by atomic mass is 9.99. The first kappa shape index (κ1) is 29.9. The van der Waals surface area contributed by atoms with Crippen LogP contribution in [-0.2, 0) is 14.3 Å². The van der Waals surface area contributed by atoms with Crippen molar-refractivity contribution >= 4 is 11.9 Å². The Morgan fingerprint density at radius 3 is 1.74 bits per heavy atom. The molecule has 0 heterocycles. The van der Waals surface area contributed by atoms with Crippen LogP contribution in [0, 0.1) is 0 Å². The third-order valence-electron chi connectivity index (χ3n) is 6.04. The van der Waals surface area contributed by atoms with E-state index in [0.29, 0.717) is 18.9 Å². The number of nitrogens with two attached hydrogens (primary N) is 1. The van der Waals surface area contributed by atoms with Gasteiger partial charge in [-0.05, 0) is 38.6 Å². The fourth-order valence-electron chi connectivity index (χ4n) is 4.01. The average Bonchev–Trinajstić information content (AvgIpc) is 2.77. The molecule has 1 atom stereocenters. The molecule has 31 heavy (non-hydrogen) atoms. The van der Waals surface area contributed by atoms with Crippen LogP contribution in [0.3, 0.4) is 0 Å². The molecule has 5 nitrogen and oxygen atoms in total. The number of hydrogen-bond acceptors (Lipinski definition) is 4. The molecule has 1 unspecified atom stereocenters. The van der Waals surface area contributed by atoms with Crippen LogP contribution in [0.25, 0.3) is 0 Å². The van der Waals surface area contributed by atoms with Gasteiger partial charge >= 0.3 is 5.97 Å². The molecular weight excluding hydrogens is 388 g/mol. The van der Waals surface area contributed by atoms with Gasteiger partial charge in [-0.3, -0.25) is 9.59 Å². The minimum absolute atomic E-state index is 0.104. The summed E-state index contributed by atoms with van der Waals surface area (Å²) in [6.45, 7) is 3.00. The van der Waals surface area contributed by atoms with Crippen LogP contribution < -0.4 is 11.1 Å². The summed E-state index contributed by atoms with van der Waals surface area (Å²) in [6.07, 6.45) is 22.2. The summed E-state index contributed by atoms with van der Waals surface area (Å²) < 4.78 is 4.68. The zero-order valence-corrected chi connectivity index (χ0v) is 20.7. The number of hydrogen-bond donors (Lipinski definition) is 2. The van der Waals surface area contributed by atoms with E-state index in [1.165, 1.54) is 71.3 Å². The first-order valence-corrected chi connectivity index (χ1v) is 13.2. The maximum absolute atomic E-state index is 12.4. The van der Waals surface area contributed by atoms with Crippen molar-refractivity contribution in [2.45, 2.75) is 141 Å². The Balaban J connectivity index is 4.02. The van der Waals surface area contributed by atoms with Crippen molar-refractivity contribution in [3.05, 3.63) is 0 Å². The normalized spacial score (nSPS) is 12.0. The molecule has 0 radical (unpaired) electrons. The number of nitrogens with one attached hydrogen (secondary N) is 1. The van der Waals surface area contributed by atoms with Crippen LogP contribution in [0.5, 0.6) is 0 Å². The van der Waals surface area contributed by atoms with E-state index in [9.17, 15) is 9.59 Å². The molecule has 0 fully saturated rings. The topological polar surface area (TPSA) is 81.4 Å². The Morgan fingerprint density at radius 1 is 0.710 bits per heavy atom. The molecule has 0 spiro atoms. The Labute approximate surface area is 192 Å². The van der Waals surface area contributed by atoms with E-state index in [1.807, 2.05) is 0 Å². The molecule has 184 valence electrons. The van der Waals surface area contributed by atoms with E-state index in [-0.39, 0.29) is 11.9 Å². The molecule has 0 rings (SSSR count). The monoisotopic (exact) mass is 440 g/mol. The first-order valence-electron chi connectivity index (χ1n) is 13.2. The smallest absolute Gasteiger partial charge is 0.305 e. The Bertz CT molecular complexity index is 415. The Morgan fingerprint density at radius 2 is 1.19 bits per heavy atom. The molecule has 5 heteroatoms. The standard InChI is InChI=1S/C26H52N2O3/c1-3-4-5-6-9-14-19-24(28-25(29)21-16-12-13-18-23-27)20-15-10-7-8-11-17-22-26(30)31-2/h24H,3-23,27H2,1-2H3,(H,28,29). The summed E-state index contributed by atoms with van der Waals surface area (Å²) in [5.41, 5.74) is 5.53. The van der Waals surface area contributed by atoms with Gasteiger partial charge in [0.15, 0.2) is 0 Å². The predicted molar refractivity (Wildman–Crippen MR) is 131 cm³/mol. The van der Waals surface area contributed by atoms with Gasteiger partial charge in [0.1, 0.15) is 0 Å². The summed E-state index contributed by atoms with van der Waals surface area (Å²) in [4.78, 5) is 23.5. The first-order chi connectivity index (χ1) is 15.1. The second kappa shape index (κ2) is 23.6. The molecule has 0 saturated heterocycles. The lowest BCUT2D eigenvalue weighted by Crippen LogP contribution is -2.34. The van der Waals surface area contributed by atoms with Crippen LogP contribution in [0.2, 0.25) is 0 Å². The molecule has 0 aliphatic rings. The quantitative estimate of drug-likeness (QED) is 0.142. The number of carbonyl (C=O) groups excluding carboxylic acids is 2. The van der Waals surface area contributed by atoms with Gasteiger partial charge in [-0.25, -0.2) is 0 Å². The molecule has 0 aliphatic carbocycles. The number of amides is 1. The largest absolute Gasteiger partial charge is 0.469 e. The molecule has 0 aromatic rings. The van der Waals surface area contributed by atoms with E-state index in [2.05, 4.69) is 17.0 Å². The molecule has 0 aromatic carbocycles. The number of carbonyl (C=O) groups is 2. The molecular formula is C26H52N2O3. The number of ether oxygens (including phenoxy) is 1. The minimum Gasteiger partial charge on any atom is -0.469 e. The van der Waals surface area contributed by atoms with E-state index in [4.69, 9.17) is 5.73 Å². The highest BCUT2D eigenvalue weighted by atomic mass is 16.5. The third kappa shape index (κ3) is 21.9. The predicted octanol–water partition coefficient (Wildman–Crippen LogP) is 6.42. The van der Waals surface area contributed by atoms with E-state index in [0.717, 1.165) is 57.9 Å². The molecule has 1 amide bonds. The molecule has 0 aromatic heterocycles. The summed E-state index contributed by atoms with van der Waals surface area (Å²) >= 11 is 0. The van der Waals surface area contributed by atoms with Crippen molar-refractivity contribution in [3.63, 3.8) is 0 Å². The highest BCUT2D eigenvalue weighted by Crippen LogP contribution is 2.15. The zero-order valence-electron chi connectivity index (χ0n) is 20.7. The minimum atomic E-state index is -0.104. The van der Waals surface area contributed by atoms with E-state index in [1.54, 1.807) is 0 Å². The Hall–Kier alpha value is -1.10. The van der Waals surface area contributed by atoms with Gasteiger partial charge < -0.3 is 15.8 Å². The number of methoxy groups -OCH3 is 1. The lowest BCUT2D eigenvalue weighted by molar-refractivity contribution is -0.140. The second-order valence-electron chi connectivity index (χ2n) is 9.01. The zero-order chi connectivity index (χ0) is 23.0. The maximum Gasteiger partial charge on any atom is 0.305 e. The van der Waals surface area contributed by atoms with Gasteiger partial charge in [-0.2, -0.15) is 0 Å². The van der Waals surface area contributed by atoms with Crippen molar-refractivity contribution in [1.29, 1.82) is 0 Å². The van der Waals surface area contributed by atoms with E-state index >= 15 is 0 Å². The van der Waals surface area contributed by atoms with Gasteiger partial charge in [-0.1, -0.05) is 90.4 Å². The van der Waals surface area contributed by atoms with E-state index < -0.39 is 0 Å². The van der Waals surface area contributed by atoms with Crippen molar-refractivity contribution in [1.82, 2.24) is 5.32 Å². The summed E-state index contributed by atoms with van der Waals surface area (Å²) in [6, 6.07) is 0.335. The summed E-state index contributed by atoms with van der Waals surface area (Å²) in [5.74, 6) is 0.124.